The molecule has 3 saturated heterocycles. The van der Waals surface area contributed by atoms with Gasteiger partial charge in [-0.3, -0.25) is 19.2 Å². The van der Waals surface area contributed by atoms with E-state index in [0.29, 0.717) is 37.8 Å². The molecule has 53 heavy (non-hydrogen) atoms. The quantitative estimate of drug-likeness (QED) is 0.118. The van der Waals surface area contributed by atoms with Gasteiger partial charge in [0.25, 0.3) is 5.91 Å². The van der Waals surface area contributed by atoms with Crippen LogP contribution in [0.25, 0.3) is 0 Å². The van der Waals surface area contributed by atoms with Crippen LogP contribution in [0, 0.1) is 11.8 Å². The maximum absolute atomic E-state index is 14.9. The smallest absolute Gasteiger partial charge is 0.313 e. The Hall–Kier alpha value is -4.48. The molecule has 0 radical (unpaired) electrons. The fourth-order valence-electron chi connectivity index (χ4n) is 8.49. The molecular formula is C42H56N4O7. The van der Waals surface area contributed by atoms with Crippen molar-refractivity contribution < 1.29 is 33.8 Å². The van der Waals surface area contributed by atoms with Gasteiger partial charge in [0.1, 0.15) is 17.7 Å². The van der Waals surface area contributed by atoms with Crippen molar-refractivity contribution in [3.05, 3.63) is 85.5 Å². The van der Waals surface area contributed by atoms with Gasteiger partial charge in [-0.2, -0.15) is 0 Å². The van der Waals surface area contributed by atoms with Crippen LogP contribution in [0.1, 0.15) is 71.0 Å². The number of likely N-dealkylation sites (N-methyl/N-ethyl adjacent to an activating group) is 1. The Kier molecular flexibility index (Phi) is 13.2. The molecule has 3 heterocycles. The van der Waals surface area contributed by atoms with Gasteiger partial charge in [0.15, 0.2) is 0 Å². The lowest BCUT2D eigenvalue weighted by Crippen LogP contribution is -2.56. The molecule has 0 saturated carbocycles. The molecule has 3 aliphatic rings. The summed E-state index contributed by atoms with van der Waals surface area (Å²) < 4.78 is 13.1. The molecule has 5 rings (SSSR count). The number of fused-ring (bicyclic) bond motifs is 1. The highest BCUT2D eigenvalue weighted by molar-refractivity contribution is 6.04. The number of carbonyl (C=O) groups is 4. The summed E-state index contributed by atoms with van der Waals surface area (Å²) in [6.45, 7) is 15.8. The van der Waals surface area contributed by atoms with E-state index in [4.69, 9.17) is 9.47 Å². The van der Waals surface area contributed by atoms with E-state index in [1.165, 1.54) is 0 Å². The number of hydrogen-bond acceptors (Lipinski definition) is 8. The number of aliphatic hydroxyl groups excluding tert-OH is 1. The van der Waals surface area contributed by atoms with Gasteiger partial charge in [-0.25, -0.2) is 0 Å². The van der Waals surface area contributed by atoms with Crippen LogP contribution in [0.4, 0.5) is 11.4 Å². The third kappa shape index (κ3) is 7.78. The molecule has 1 spiro atoms. The minimum absolute atomic E-state index is 0.0478. The summed E-state index contributed by atoms with van der Waals surface area (Å²) in [6.07, 6.45) is 4.61. The zero-order valence-corrected chi connectivity index (χ0v) is 31.7. The Labute approximate surface area is 314 Å². The summed E-state index contributed by atoms with van der Waals surface area (Å²) in [5, 5.41) is 9.60. The topological polar surface area (TPSA) is 120 Å². The van der Waals surface area contributed by atoms with Crippen LogP contribution >= 0.6 is 0 Å². The third-order valence-electron chi connectivity index (χ3n) is 11.4. The lowest BCUT2D eigenvalue weighted by Gasteiger charge is -2.37. The Morgan fingerprint density at radius 2 is 1.72 bits per heavy atom. The number of anilines is 2. The summed E-state index contributed by atoms with van der Waals surface area (Å²) in [5.41, 5.74) is 1.20. The van der Waals surface area contributed by atoms with E-state index in [0.717, 1.165) is 24.3 Å². The molecule has 2 aromatic rings. The summed E-state index contributed by atoms with van der Waals surface area (Å²) >= 11 is 0. The van der Waals surface area contributed by atoms with E-state index >= 15 is 0 Å². The minimum atomic E-state index is -1.23. The second kappa shape index (κ2) is 17.6. The molecule has 2 bridgehead atoms. The molecule has 11 nitrogen and oxygen atoms in total. The first-order valence-corrected chi connectivity index (χ1v) is 19.1. The van der Waals surface area contributed by atoms with Gasteiger partial charge in [-0.1, -0.05) is 42.5 Å². The van der Waals surface area contributed by atoms with E-state index in [1.54, 1.807) is 33.9 Å². The molecular weight excluding hydrogens is 672 g/mol. The van der Waals surface area contributed by atoms with Gasteiger partial charge >= 0.3 is 5.97 Å². The SMILES string of the molecule is C=CCCC(=O)N(C)[C@@H](C)[C@@H](OC(=O)[C@@H]1[C@@H]2CC[C@]3(O2)[C@H](C(=O)N(CC=C)c2ccc(N(CC)CC)cc2)N(CCCCO)C(=O)[C@@H]13)c1ccccc1. The third-order valence-corrected chi connectivity index (χ3v) is 11.4. The summed E-state index contributed by atoms with van der Waals surface area (Å²) in [6, 6.07) is 15.6. The van der Waals surface area contributed by atoms with Crippen LogP contribution in [0.5, 0.6) is 0 Å². The minimum Gasteiger partial charge on any atom is -0.455 e. The number of hydrogen-bond donors (Lipinski definition) is 1. The highest BCUT2D eigenvalue weighted by Gasteiger charge is 2.75. The lowest BCUT2D eigenvalue weighted by molar-refractivity contribution is -0.164. The van der Waals surface area contributed by atoms with Crippen LogP contribution in [0.3, 0.4) is 0 Å². The number of rotatable bonds is 19. The molecule has 7 atom stereocenters. The second-order valence-corrected chi connectivity index (χ2v) is 14.3. The fraction of sp³-hybridized carbons (Fsp3) is 0.524. The Balaban J connectivity index is 1.48. The summed E-state index contributed by atoms with van der Waals surface area (Å²) in [7, 11) is 1.70. The van der Waals surface area contributed by atoms with Crippen LogP contribution in [-0.2, 0) is 28.7 Å². The van der Waals surface area contributed by atoms with Crippen molar-refractivity contribution in [1.29, 1.82) is 0 Å². The van der Waals surface area contributed by atoms with E-state index in [9.17, 15) is 24.3 Å². The average Bonchev–Trinajstić information content (AvgIpc) is 3.82. The van der Waals surface area contributed by atoms with E-state index < -0.39 is 47.7 Å². The molecule has 1 N–H and O–H groups in total. The van der Waals surface area contributed by atoms with Crippen molar-refractivity contribution in [2.24, 2.45) is 11.8 Å². The molecule has 11 heteroatoms. The zero-order valence-electron chi connectivity index (χ0n) is 31.7. The number of unbranched alkanes of at least 4 members (excludes halogenated alkanes) is 1. The number of nitrogens with zero attached hydrogens (tertiary/aromatic N) is 4. The second-order valence-electron chi connectivity index (χ2n) is 14.3. The molecule has 3 fully saturated rings. The highest BCUT2D eigenvalue weighted by atomic mass is 16.6. The number of likely N-dealkylation sites (tertiary alicyclic amines) is 1. The van der Waals surface area contributed by atoms with E-state index in [2.05, 4.69) is 31.9 Å². The first-order valence-electron chi connectivity index (χ1n) is 19.1. The van der Waals surface area contributed by atoms with Gasteiger partial charge in [0.2, 0.25) is 11.8 Å². The van der Waals surface area contributed by atoms with Gasteiger partial charge in [0.05, 0.1) is 24.0 Å². The molecule has 2 aromatic carbocycles. The van der Waals surface area contributed by atoms with Gasteiger partial charge in [-0.05, 0) is 82.7 Å². The molecule has 0 aromatic heterocycles. The standard InChI is InChI=1S/C42H56N4O7/c1-7-11-19-34(48)43(6)29(5)37(30-17-13-12-14-18-30)52-41(51)35-33-24-25-42(53-33)36(35)39(49)46(27-15-16-28-47)38(42)40(50)45(26-8-2)32-22-20-31(21-23-32)44(9-3)10-4/h7-8,12-14,17-18,20-23,29,33,35-38,47H,1-2,9-11,15-16,19,24-28H2,3-6H3/t29-,33-,35+,36+,37+,38-,42+/m0/s1. The maximum Gasteiger partial charge on any atom is 0.313 e. The first-order chi connectivity index (χ1) is 25.6. The zero-order chi connectivity index (χ0) is 38.3. The number of aliphatic hydroxyl groups is 1. The summed E-state index contributed by atoms with van der Waals surface area (Å²) in [5.74, 6) is -3.16. The Bertz CT molecular complexity index is 1610. The molecule has 3 amide bonds. The van der Waals surface area contributed by atoms with Crippen LogP contribution in [0.2, 0.25) is 0 Å². The normalized spacial score (nSPS) is 23.9. The molecule has 0 unspecified atom stereocenters. The monoisotopic (exact) mass is 728 g/mol. The predicted molar refractivity (Wildman–Crippen MR) is 205 cm³/mol. The first kappa shape index (κ1) is 39.7. The number of amides is 3. The highest BCUT2D eigenvalue weighted by Crippen LogP contribution is 2.59. The Morgan fingerprint density at radius 3 is 2.34 bits per heavy atom. The number of benzene rings is 2. The van der Waals surface area contributed by atoms with Gasteiger partial charge in [0, 0.05) is 57.6 Å². The number of allylic oxidation sites excluding steroid dienone is 1. The van der Waals surface area contributed by atoms with Crippen LogP contribution in [-0.4, -0.2) is 102 Å². The Morgan fingerprint density at radius 1 is 1.04 bits per heavy atom. The average molecular weight is 729 g/mol. The molecule has 0 aliphatic carbocycles. The predicted octanol–water partition coefficient (Wildman–Crippen LogP) is 5.30. The lowest BCUT2D eigenvalue weighted by atomic mass is 9.70. The van der Waals surface area contributed by atoms with Crippen molar-refractivity contribution in [1.82, 2.24) is 9.80 Å². The van der Waals surface area contributed by atoms with Crippen LogP contribution in [0.15, 0.2) is 79.9 Å². The maximum atomic E-state index is 14.9. The number of ether oxygens (including phenoxy) is 2. The van der Waals surface area contributed by atoms with Crippen molar-refractivity contribution in [2.75, 3.05) is 49.6 Å². The number of carbonyl (C=O) groups excluding carboxylic acids is 4. The van der Waals surface area contributed by atoms with Crippen molar-refractivity contribution in [3.63, 3.8) is 0 Å². The molecule has 3 aliphatic heterocycles. The van der Waals surface area contributed by atoms with Gasteiger partial charge in [-0.15, -0.1) is 13.2 Å². The van der Waals surface area contributed by atoms with E-state index in [-0.39, 0.29) is 43.8 Å². The summed E-state index contributed by atoms with van der Waals surface area (Å²) in [4.78, 5) is 64.1. The van der Waals surface area contributed by atoms with Crippen LogP contribution < -0.4 is 9.80 Å². The van der Waals surface area contributed by atoms with Crippen molar-refractivity contribution >= 4 is 35.1 Å². The van der Waals surface area contributed by atoms with Crippen molar-refractivity contribution in [2.45, 2.75) is 89.2 Å². The van der Waals surface area contributed by atoms with Crippen molar-refractivity contribution in [3.8, 4) is 0 Å². The molecule has 286 valence electrons. The van der Waals surface area contributed by atoms with E-state index in [1.807, 2.05) is 61.5 Å². The largest absolute Gasteiger partial charge is 0.455 e. The number of esters is 1. The van der Waals surface area contributed by atoms with Gasteiger partial charge < -0.3 is 34.2 Å². The fourth-order valence-corrected chi connectivity index (χ4v) is 8.49.